The van der Waals surface area contributed by atoms with Crippen LogP contribution in [0.25, 0.3) is 5.57 Å². The Kier molecular flexibility index (Phi) is 5.76. The number of carbonyl (C=O) groups is 1. The molecule has 0 radical (unpaired) electrons. The first-order chi connectivity index (χ1) is 12.6. The number of hydrogen-bond donors (Lipinski definition) is 0. The van der Waals surface area contributed by atoms with E-state index in [1.54, 1.807) is 25.1 Å². The Labute approximate surface area is 151 Å². The molecule has 5 heteroatoms. The maximum absolute atomic E-state index is 14.0. The lowest BCUT2D eigenvalue weighted by Crippen LogP contribution is -2.08. The number of benzene rings is 1. The topological polar surface area (TPSA) is 39.2 Å². The predicted molar refractivity (Wildman–Crippen MR) is 95.7 cm³/mol. The van der Waals surface area contributed by atoms with Crippen LogP contribution in [0.5, 0.6) is 5.88 Å². The standard InChI is InChI=1S/C21H21F2NO2/c1-14-2-5-17(19(23)12-14)13-26-21-18(22)8-9-20(24-21)16-6-3-15(4-7-16)10-11-25/h2,5-6,8-9,11-12,15H,3-4,7,10,13H2,1H3. The van der Waals surface area contributed by atoms with Crippen LogP contribution in [0.3, 0.4) is 0 Å². The monoisotopic (exact) mass is 357 g/mol. The number of ether oxygens (including phenoxy) is 1. The van der Waals surface area contributed by atoms with Gasteiger partial charge in [0.1, 0.15) is 18.7 Å². The summed E-state index contributed by atoms with van der Waals surface area (Å²) in [5.41, 5.74) is 2.86. The molecule has 26 heavy (non-hydrogen) atoms. The summed E-state index contributed by atoms with van der Waals surface area (Å²) in [6.07, 6.45) is 6.10. The molecule has 3 nitrogen and oxygen atoms in total. The van der Waals surface area contributed by atoms with Gasteiger partial charge in [0, 0.05) is 12.0 Å². The molecule has 2 aromatic rings. The van der Waals surface area contributed by atoms with Crippen molar-refractivity contribution in [3.05, 3.63) is 64.9 Å². The van der Waals surface area contributed by atoms with Crippen molar-refractivity contribution < 1.29 is 18.3 Å². The number of hydrogen-bond acceptors (Lipinski definition) is 3. The first-order valence-electron chi connectivity index (χ1n) is 8.74. The summed E-state index contributed by atoms with van der Waals surface area (Å²) < 4.78 is 33.4. The van der Waals surface area contributed by atoms with Crippen molar-refractivity contribution in [3.63, 3.8) is 0 Å². The largest absolute Gasteiger partial charge is 0.471 e. The molecular formula is C21H21F2NO2. The van der Waals surface area contributed by atoms with Gasteiger partial charge in [-0.15, -0.1) is 0 Å². The van der Waals surface area contributed by atoms with E-state index in [0.717, 1.165) is 36.7 Å². The molecule has 0 spiro atoms. The first kappa shape index (κ1) is 18.2. The zero-order chi connectivity index (χ0) is 18.5. The molecule has 1 aliphatic rings. The lowest BCUT2D eigenvalue weighted by molar-refractivity contribution is -0.108. The first-order valence-corrected chi connectivity index (χ1v) is 8.74. The van der Waals surface area contributed by atoms with Crippen LogP contribution in [-0.2, 0) is 11.4 Å². The summed E-state index contributed by atoms with van der Waals surface area (Å²) in [7, 11) is 0. The summed E-state index contributed by atoms with van der Waals surface area (Å²) in [6, 6.07) is 7.78. The van der Waals surface area contributed by atoms with Gasteiger partial charge >= 0.3 is 0 Å². The van der Waals surface area contributed by atoms with E-state index in [1.165, 1.54) is 12.1 Å². The summed E-state index contributed by atoms with van der Waals surface area (Å²) in [5, 5.41) is 0. The summed E-state index contributed by atoms with van der Waals surface area (Å²) in [4.78, 5) is 14.9. The Balaban J connectivity index is 1.73. The summed E-state index contributed by atoms with van der Waals surface area (Å²) in [6.45, 7) is 1.72. The van der Waals surface area contributed by atoms with E-state index in [-0.39, 0.29) is 18.3 Å². The van der Waals surface area contributed by atoms with Crippen LogP contribution in [0.4, 0.5) is 8.78 Å². The average Bonchev–Trinajstić information content (AvgIpc) is 2.63. The number of pyridine rings is 1. The van der Waals surface area contributed by atoms with Crippen LogP contribution in [0.1, 0.15) is 42.5 Å². The lowest BCUT2D eigenvalue weighted by atomic mass is 9.86. The molecule has 0 saturated heterocycles. The van der Waals surface area contributed by atoms with E-state index in [2.05, 4.69) is 11.1 Å². The van der Waals surface area contributed by atoms with E-state index < -0.39 is 5.82 Å². The molecule has 0 fully saturated rings. The van der Waals surface area contributed by atoms with Crippen molar-refractivity contribution in [3.8, 4) is 5.88 Å². The Morgan fingerprint density at radius 3 is 2.77 bits per heavy atom. The van der Waals surface area contributed by atoms with E-state index in [9.17, 15) is 13.6 Å². The molecule has 1 aromatic carbocycles. The van der Waals surface area contributed by atoms with Crippen LogP contribution < -0.4 is 4.74 Å². The Bertz CT molecular complexity index is 833. The van der Waals surface area contributed by atoms with Gasteiger partial charge in [0.25, 0.3) is 5.88 Å². The molecular weight excluding hydrogens is 336 g/mol. The number of halogens is 2. The second kappa shape index (κ2) is 8.21. The molecule has 0 saturated carbocycles. The third-order valence-electron chi connectivity index (χ3n) is 4.66. The van der Waals surface area contributed by atoms with Gasteiger partial charge < -0.3 is 9.53 Å². The number of aldehydes is 1. The number of aromatic nitrogens is 1. The number of aryl methyl sites for hydroxylation is 1. The SMILES string of the molecule is Cc1ccc(COc2nc(C3=CCC(CC=O)CC3)ccc2F)c(F)c1. The van der Waals surface area contributed by atoms with Gasteiger partial charge in [-0.2, -0.15) is 0 Å². The van der Waals surface area contributed by atoms with Gasteiger partial charge in [-0.25, -0.2) is 13.8 Å². The predicted octanol–water partition coefficient (Wildman–Crippen LogP) is 5.02. The fourth-order valence-electron chi connectivity index (χ4n) is 3.09. The van der Waals surface area contributed by atoms with Crippen LogP contribution in [0.2, 0.25) is 0 Å². The lowest BCUT2D eigenvalue weighted by Gasteiger charge is -2.20. The van der Waals surface area contributed by atoms with Crippen molar-refractivity contribution in [1.29, 1.82) is 0 Å². The highest BCUT2D eigenvalue weighted by Crippen LogP contribution is 2.31. The van der Waals surface area contributed by atoms with Gasteiger partial charge in [0.15, 0.2) is 5.82 Å². The Morgan fingerprint density at radius 1 is 1.23 bits per heavy atom. The quantitative estimate of drug-likeness (QED) is 0.682. The van der Waals surface area contributed by atoms with Crippen molar-refractivity contribution >= 4 is 11.9 Å². The normalized spacial score (nSPS) is 16.9. The number of allylic oxidation sites excluding steroid dienone is 2. The molecule has 3 rings (SSSR count). The van der Waals surface area contributed by atoms with Crippen LogP contribution in [0.15, 0.2) is 36.4 Å². The summed E-state index contributed by atoms with van der Waals surface area (Å²) >= 11 is 0. The Morgan fingerprint density at radius 2 is 2.08 bits per heavy atom. The highest BCUT2D eigenvalue weighted by Gasteiger charge is 2.17. The van der Waals surface area contributed by atoms with E-state index >= 15 is 0 Å². The smallest absolute Gasteiger partial charge is 0.251 e. The molecule has 1 atom stereocenters. The number of nitrogens with zero attached hydrogens (tertiary/aromatic N) is 1. The Hall–Kier alpha value is -2.56. The van der Waals surface area contributed by atoms with Crippen molar-refractivity contribution in [2.24, 2.45) is 5.92 Å². The van der Waals surface area contributed by atoms with Gasteiger partial charge in [-0.1, -0.05) is 18.2 Å². The minimum Gasteiger partial charge on any atom is -0.471 e. The van der Waals surface area contributed by atoms with E-state index in [0.29, 0.717) is 23.6 Å². The molecule has 1 aliphatic carbocycles. The minimum absolute atomic E-state index is 0.0834. The molecule has 0 bridgehead atoms. The van der Waals surface area contributed by atoms with E-state index in [4.69, 9.17) is 4.74 Å². The third kappa shape index (κ3) is 4.34. The fraction of sp³-hybridized carbons (Fsp3) is 0.333. The molecule has 136 valence electrons. The van der Waals surface area contributed by atoms with Crippen molar-refractivity contribution in [1.82, 2.24) is 4.98 Å². The van der Waals surface area contributed by atoms with Crippen molar-refractivity contribution in [2.45, 2.75) is 39.2 Å². The molecule has 1 heterocycles. The van der Waals surface area contributed by atoms with Gasteiger partial charge in [-0.05, 0) is 61.4 Å². The molecule has 1 unspecified atom stereocenters. The fourth-order valence-corrected chi connectivity index (χ4v) is 3.09. The van der Waals surface area contributed by atoms with E-state index in [1.807, 2.05) is 0 Å². The molecule has 0 N–H and O–H groups in total. The maximum Gasteiger partial charge on any atom is 0.251 e. The molecule has 0 amide bonds. The zero-order valence-corrected chi connectivity index (χ0v) is 14.7. The van der Waals surface area contributed by atoms with Gasteiger partial charge in [0.05, 0.1) is 5.69 Å². The highest BCUT2D eigenvalue weighted by atomic mass is 19.1. The average molecular weight is 357 g/mol. The van der Waals surface area contributed by atoms with Gasteiger partial charge in [-0.3, -0.25) is 0 Å². The molecule has 1 aromatic heterocycles. The van der Waals surface area contributed by atoms with Gasteiger partial charge in [0.2, 0.25) is 0 Å². The van der Waals surface area contributed by atoms with Crippen LogP contribution in [-0.4, -0.2) is 11.3 Å². The number of carbonyl (C=O) groups excluding carboxylic acids is 1. The minimum atomic E-state index is -0.573. The third-order valence-corrected chi connectivity index (χ3v) is 4.66. The summed E-state index contributed by atoms with van der Waals surface area (Å²) in [5.74, 6) is -0.704. The molecule has 0 aliphatic heterocycles. The zero-order valence-electron chi connectivity index (χ0n) is 14.7. The van der Waals surface area contributed by atoms with Crippen LogP contribution in [0, 0.1) is 24.5 Å². The second-order valence-electron chi connectivity index (χ2n) is 6.64. The van der Waals surface area contributed by atoms with Crippen molar-refractivity contribution in [2.75, 3.05) is 0 Å². The maximum atomic E-state index is 14.0. The highest BCUT2D eigenvalue weighted by molar-refractivity contribution is 5.64. The second-order valence-corrected chi connectivity index (χ2v) is 6.64. The number of rotatable bonds is 6. The van der Waals surface area contributed by atoms with Crippen LogP contribution >= 0.6 is 0 Å².